The van der Waals surface area contributed by atoms with Crippen molar-refractivity contribution in [2.24, 2.45) is 0 Å². The Morgan fingerprint density at radius 2 is 1.76 bits per heavy atom. The van der Waals surface area contributed by atoms with Crippen molar-refractivity contribution in [1.82, 2.24) is 4.98 Å². The molecule has 1 aliphatic heterocycles. The van der Waals surface area contributed by atoms with E-state index in [-0.39, 0.29) is 11.3 Å². The summed E-state index contributed by atoms with van der Waals surface area (Å²) in [6, 6.07) is 16.7. The fraction of sp³-hybridized carbons (Fsp3) is 0.207. The van der Waals surface area contributed by atoms with Gasteiger partial charge in [0.1, 0.15) is 17.6 Å². The maximum absolute atomic E-state index is 13.6. The van der Waals surface area contributed by atoms with E-state index in [0.29, 0.717) is 33.5 Å². The first-order valence-electron chi connectivity index (χ1n) is 12.0. The Bertz CT molecular complexity index is 1570. The minimum absolute atomic E-state index is 0.0692. The van der Waals surface area contributed by atoms with Gasteiger partial charge in [-0.3, -0.25) is 14.5 Å². The number of carbonyl (C=O) groups is 2. The van der Waals surface area contributed by atoms with Crippen LogP contribution in [0.4, 0.5) is 5.13 Å². The lowest BCUT2D eigenvalue weighted by Gasteiger charge is -2.25. The second-order valence-corrected chi connectivity index (χ2v) is 9.64. The Hall–Kier alpha value is -4.37. The van der Waals surface area contributed by atoms with E-state index in [1.54, 1.807) is 42.5 Å². The summed E-state index contributed by atoms with van der Waals surface area (Å²) in [5.41, 5.74) is 2.64. The van der Waals surface area contributed by atoms with Crippen LogP contribution >= 0.6 is 11.3 Å². The van der Waals surface area contributed by atoms with Gasteiger partial charge in [-0.05, 0) is 54.4 Å². The van der Waals surface area contributed by atoms with E-state index in [1.807, 2.05) is 18.2 Å². The average Bonchev–Trinajstić information content (AvgIpc) is 3.49. The fourth-order valence-electron chi connectivity index (χ4n) is 4.64. The van der Waals surface area contributed by atoms with Crippen LogP contribution in [-0.4, -0.2) is 43.1 Å². The molecule has 0 spiro atoms. The number of Topliss-reactive ketones (excluding diaryl/α,β-unsaturated/α-hetero) is 1. The Morgan fingerprint density at radius 3 is 2.42 bits per heavy atom. The van der Waals surface area contributed by atoms with Gasteiger partial charge in [-0.15, -0.1) is 0 Å². The first-order chi connectivity index (χ1) is 18.4. The minimum atomic E-state index is -1.01. The molecule has 3 aromatic carbocycles. The number of aliphatic hydroxyl groups is 1. The molecule has 194 valence electrons. The number of methoxy groups -OCH3 is 3. The van der Waals surface area contributed by atoms with Crippen molar-refractivity contribution in [3.8, 4) is 17.2 Å². The van der Waals surface area contributed by atoms with E-state index in [4.69, 9.17) is 19.2 Å². The van der Waals surface area contributed by atoms with Crippen molar-refractivity contribution in [2.45, 2.75) is 19.4 Å². The molecule has 1 aliphatic rings. The molecule has 9 heteroatoms. The number of nitrogens with zero attached hydrogens (tertiary/aromatic N) is 2. The molecule has 0 bridgehead atoms. The molecular weight excluding hydrogens is 504 g/mol. The number of ketones is 1. The van der Waals surface area contributed by atoms with Gasteiger partial charge >= 0.3 is 5.91 Å². The molecule has 1 saturated heterocycles. The summed E-state index contributed by atoms with van der Waals surface area (Å²) < 4.78 is 17.3. The van der Waals surface area contributed by atoms with Gasteiger partial charge in [-0.1, -0.05) is 36.5 Å². The summed E-state index contributed by atoms with van der Waals surface area (Å²) in [4.78, 5) is 33.2. The normalized spacial score (nSPS) is 16.7. The van der Waals surface area contributed by atoms with Gasteiger partial charge in [-0.25, -0.2) is 4.98 Å². The third-order valence-electron chi connectivity index (χ3n) is 6.59. The maximum atomic E-state index is 13.6. The van der Waals surface area contributed by atoms with E-state index in [2.05, 4.69) is 6.92 Å². The number of para-hydroxylation sites is 1. The number of aryl methyl sites for hydroxylation is 1. The fourth-order valence-corrected chi connectivity index (χ4v) is 5.69. The largest absolute Gasteiger partial charge is 0.507 e. The first kappa shape index (κ1) is 25.3. The number of hydrogen-bond acceptors (Lipinski definition) is 8. The van der Waals surface area contributed by atoms with Crippen LogP contribution in [0.5, 0.6) is 17.2 Å². The Balaban J connectivity index is 1.76. The van der Waals surface area contributed by atoms with Gasteiger partial charge in [0.05, 0.1) is 37.1 Å². The lowest BCUT2D eigenvalue weighted by molar-refractivity contribution is -0.132. The van der Waals surface area contributed by atoms with Crippen molar-refractivity contribution >= 4 is 44.1 Å². The van der Waals surface area contributed by atoms with Crippen LogP contribution in [-0.2, 0) is 16.0 Å². The second-order valence-electron chi connectivity index (χ2n) is 8.63. The monoisotopic (exact) mass is 530 g/mol. The van der Waals surface area contributed by atoms with Gasteiger partial charge < -0.3 is 19.3 Å². The molecule has 38 heavy (non-hydrogen) atoms. The zero-order valence-corrected chi connectivity index (χ0v) is 22.2. The van der Waals surface area contributed by atoms with Crippen LogP contribution in [0.15, 0.2) is 66.2 Å². The van der Waals surface area contributed by atoms with Gasteiger partial charge in [0.15, 0.2) is 16.6 Å². The molecular formula is C29H26N2O6S. The SMILES string of the molecule is CCc1ccc2nc(N3C(=O)C(=O)C(=C(O)c4ccc(OC)cc4)C3c3cccc(OC)c3OC)sc2c1. The molecule has 4 aromatic rings. The van der Waals surface area contributed by atoms with Crippen molar-refractivity contribution < 1.29 is 28.9 Å². The highest BCUT2D eigenvalue weighted by atomic mass is 32.1. The Kier molecular flexibility index (Phi) is 6.77. The summed E-state index contributed by atoms with van der Waals surface area (Å²) in [5, 5.41) is 11.8. The summed E-state index contributed by atoms with van der Waals surface area (Å²) >= 11 is 1.32. The summed E-state index contributed by atoms with van der Waals surface area (Å²) in [7, 11) is 4.53. The number of fused-ring (bicyclic) bond motifs is 1. The molecule has 1 atom stereocenters. The molecule has 5 rings (SSSR count). The quantitative estimate of drug-likeness (QED) is 0.191. The van der Waals surface area contributed by atoms with Crippen LogP contribution in [0, 0.1) is 0 Å². The molecule has 0 radical (unpaired) electrons. The summed E-state index contributed by atoms with van der Waals surface area (Å²) in [6.07, 6.45) is 0.858. The first-order valence-corrected chi connectivity index (χ1v) is 12.8. The van der Waals surface area contributed by atoms with Gasteiger partial charge in [0.25, 0.3) is 5.78 Å². The molecule has 0 saturated carbocycles. The van der Waals surface area contributed by atoms with Crippen molar-refractivity contribution in [3.63, 3.8) is 0 Å². The highest BCUT2D eigenvalue weighted by Crippen LogP contribution is 2.48. The van der Waals surface area contributed by atoms with E-state index in [9.17, 15) is 14.7 Å². The molecule has 1 fully saturated rings. The Labute approximate surface area is 223 Å². The number of aromatic nitrogens is 1. The number of anilines is 1. The van der Waals surface area contributed by atoms with Crippen molar-refractivity contribution in [3.05, 3.63) is 82.9 Å². The molecule has 8 nitrogen and oxygen atoms in total. The maximum Gasteiger partial charge on any atom is 0.301 e. The number of ether oxygens (including phenoxy) is 3. The van der Waals surface area contributed by atoms with Crippen LogP contribution in [0.1, 0.15) is 29.7 Å². The molecule has 1 amide bonds. The van der Waals surface area contributed by atoms with Crippen LogP contribution < -0.4 is 19.1 Å². The van der Waals surface area contributed by atoms with Gasteiger partial charge in [0.2, 0.25) is 0 Å². The predicted octanol–water partition coefficient (Wildman–Crippen LogP) is 5.51. The number of aliphatic hydroxyl groups excluding tert-OH is 1. The molecule has 2 heterocycles. The highest BCUT2D eigenvalue weighted by molar-refractivity contribution is 7.22. The molecule has 1 N–H and O–H groups in total. The predicted molar refractivity (Wildman–Crippen MR) is 146 cm³/mol. The lowest BCUT2D eigenvalue weighted by atomic mass is 9.94. The van der Waals surface area contributed by atoms with E-state index < -0.39 is 17.7 Å². The van der Waals surface area contributed by atoms with Crippen molar-refractivity contribution in [2.75, 3.05) is 26.2 Å². The average molecular weight is 531 g/mol. The van der Waals surface area contributed by atoms with Gasteiger partial charge in [-0.2, -0.15) is 0 Å². The van der Waals surface area contributed by atoms with Crippen molar-refractivity contribution in [1.29, 1.82) is 0 Å². The lowest BCUT2D eigenvalue weighted by Crippen LogP contribution is -2.29. The number of thiazole rings is 1. The standard InChI is InChI=1S/C29H26N2O6S/c1-5-16-9-14-20-22(15-16)38-29(30-20)31-24(19-7-6-8-21(36-3)27(19)37-4)23(26(33)28(31)34)25(32)17-10-12-18(35-2)13-11-17/h6-15,24,32H,5H2,1-4H3. The zero-order valence-electron chi connectivity index (χ0n) is 21.3. The highest BCUT2D eigenvalue weighted by Gasteiger charge is 2.49. The topological polar surface area (TPSA) is 98.2 Å². The third-order valence-corrected chi connectivity index (χ3v) is 7.61. The third kappa shape index (κ3) is 4.14. The summed E-state index contributed by atoms with van der Waals surface area (Å²) in [6.45, 7) is 2.07. The molecule has 1 unspecified atom stereocenters. The minimum Gasteiger partial charge on any atom is -0.507 e. The van der Waals surface area contributed by atoms with Crippen LogP contribution in [0.3, 0.4) is 0 Å². The van der Waals surface area contributed by atoms with E-state index >= 15 is 0 Å². The smallest absolute Gasteiger partial charge is 0.301 e. The summed E-state index contributed by atoms with van der Waals surface area (Å²) in [5.74, 6) is -0.545. The number of rotatable bonds is 7. The van der Waals surface area contributed by atoms with Gasteiger partial charge in [0, 0.05) is 11.1 Å². The number of hydrogen-bond donors (Lipinski definition) is 1. The molecule has 1 aromatic heterocycles. The molecule has 0 aliphatic carbocycles. The number of carbonyl (C=O) groups excluding carboxylic acids is 2. The van der Waals surface area contributed by atoms with Crippen LogP contribution in [0.25, 0.3) is 16.0 Å². The number of benzene rings is 3. The van der Waals surface area contributed by atoms with E-state index in [0.717, 1.165) is 22.2 Å². The van der Waals surface area contributed by atoms with Crippen LogP contribution in [0.2, 0.25) is 0 Å². The second kappa shape index (κ2) is 10.2. The Morgan fingerprint density at radius 1 is 1.00 bits per heavy atom. The number of amides is 1. The zero-order chi connectivity index (χ0) is 27.0. The van der Waals surface area contributed by atoms with E-state index in [1.165, 1.54) is 37.6 Å².